The maximum atomic E-state index is 12.5. The minimum atomic E-state index is -3.46. The summed E-state index contributed by atoms with van der Waals surface area (Å²) in [7, 11) is -3.46. The molecule has 0 radical (unpaired) electrons. The first-order chi connectivity index (χ1) is 11.0. The highest BCUT2D eigenvalue weighted by Crippen LogP contribution is 2.17. The number of morpholine rings is 1. The molecule has 1 amide bonds. The van der Waals surface area contributed by atoms with E-state index < -0.39 is 10.0 Å². The number of amides is 1. The summed E-state index contributed by atoms with van der Waals surface area (Å²) in [5.41, 5.74) is 0.878. The number of nitrogens with zero attached hydrogens (tertiary/aromatic N) is 1. The van der Waals surface area contributed by atoms with Gasteiger partial charge < -0.3 is 10.1 Å². The standard InChI is InChI=1S/C15H22N2O4S2/c1-22-11-6-15(18)16-12-13-2-4-14(5-3-13)23(19,20)17-7-9-21-10-8-17/h2-5H,6-12H2,1H3,(H,16,18). The second kappa shape index (κ2) is 8.68. The lowest BCUT2D eigenvalue weighted by Gasteiger charge is -2.26. The Hall–Kier alpha value is -1.09. The Morgan fingerprint density at radius 3 is 2.52 bits per heavy atom. The van der Waals surface area contributed by atoms with Gasteiger partial charge in [0, 0.05) is 31.8 Å². The molecule has 0 unspecified atom stereocenters. The highest BCUT2D eigenvalue weighted by molar-refractivity contribution is 7.98. The van der Waals surface area contributed by atoms with E-state index in [9.17, 15) is 13.2 Å². The van der Waals surface area contributed by atoms with E-state index in [4.69, 9.17) is 4.74 Å². The van der Waals surface area contributed by atoms with Crippen LogP contribution >= 0.6 is 11.8 Å². The van der Waals surface area contributed by atoms with Crippen LogP contribution in [-0.2, 0) is 26.1 Å². The van der Waals surface area contributed by atoms with E-state index in [-0.39, 0.29) is 10.8 Å². The first kappa shape index (κ1) is 18.3. The molecule has 6 nitrogen and oxygen atoms in total. The fourth-order valence-corrected chi connectivity index (χ4v) is 4.00. The zero-order chi connectivity index (χ0) is 16.7. The second-order valence-electron chi connectivity index (χ2n) is 5.18. The maximum Gasteiger partial charge on any atom is 0.243 e. The third kappa shape index (κ3) is 5.20. The molecule has 23 heavy (non-hydrogen) atoms. The first-order valence-corrected chi connectivity index (χ1v) is 10.3. The van der Waals surface area contributed by atoms with Gasteiger partial charge in [-0.05, 0) is 24.0 Å². The summed E-state index contributed by atoms with van der Waals surface area (Å²) in [5.74, 6) is 0.798. The van der Waals surface area contributed by atoms with Gasteiger partial charge in [0.1, 0.15) is 0 Å². The third-order valence-electron chi connectivity index (χ3n) is 3.55. The summed E-state index contributed by atoms with van der Waals surface area (Å²) in [6, 6.07) is 6.66. The van der Waals surface area contributed by atoms with Crippen molar-refractivity contribution in [2.45, 2.75) is 17.9 Å². The van der Waals surface area contributed by atoms with Gasteiger partial charge in [-0.1, -0.05) is 12.1 Å². The molecule has 2 rings (SSSR count). The average molecular weight is 358 g/mol. The number of carbonyl (C=O) groups excluding carboxylic acids is 1. The molecule has 1 heterocycles. The number of benzene rings is 1. The Kier molecular flexibility index (Phi) is 6.88. The molecule has 1 saturated heterocycles. The highest BCUT2D eigenvalue weighted by atomic mass is 32.2. The lowest BCUT2D eigenvalue weighted by Crippen LogP contribution is -2.40. The van der Waals surface area contributed by atoms with Crippen LogP contribution in [0.25, 0.3) is 0 Å². The number of hydrogen-bond acceptors (Lipinski definition) is 5. The molecule has 1 N–H and O–H groups in total. The van der Waals surface area contributed by atoms with Crippen molar-refractivity contribution in [1.29, 1.82) is 0 Å². The van der Waals surface area contributed by atoms with E-state index in [1.807, 2.05) is 6.26 Å². The van der Waals surface area contributed by atoms with Crippen molar-refractivity contribution in [3.63, 3.8) is 0 Å². The molecule has 8 heteroatoms. The van der Waals surface area contributed by atoms with Crippen LogP contribution in [0.15, 0.2) is 29.2 Å². The summed E-state index contributed by atoms with van der Waals surface area (Å²) >= 11 is 1.63. The summed E-state index contributed by atoms with van der Waals surface area (Å²) < 4.78 is 31.6. The van der Waals surface area contributed by atoms with Crippen molar-refractivity contribution in [3.05, 3.63) is 29.8 Å². The van der Waals surface area contributed by atoms with Gasteiger partial charge in [0.2, 0.25) is 15.9 Å². The average Bonchev–Trinajstić information content (AvgIpc) is 2.59. The Morgan fingerprint density at radius 1 is 1.26 bits per heavy atom. The van der Waals surface area contributed by atoms with Gasteiger partial charge in [-0.2, -0.15) is 16.1 Å². The number of hydrogen-bond donors (Lipinski definition) is 1. The van der Waals surface area contributed by atoms with E-state index in [1.54, 1.807) is 36.0 Å². The Labute approximate surface area is 141 Å². The molecule has 128 valence electrons. The first-order valence-electron chi connectivity index (χ1n) is 7.46. The number of carbonyl (C=O) groups is 1. The lowest BCUT2D eigenvalue weighted by molar-refractivity contribution is -0.120. The quantitative estimate of drug-likeness (QED) is 0.789. The molecule has 0 saturated carbocycles. The van der Waals surface area contributed by atoms with Gasteiger partial charge in [-0.25, -0.2) is 8.42 Å². The normalized spacial score (nSPS) is 16.2. The number of sulfonamides is 1. The largest absolute Gasteiger partial charge is 0.379 e. The van der Waals surface area contributed by atoms with Gasteiger partial charge >= 0.3 is 0 Å². The zero-order valence-corrected chi connectivity index (χ0v) is 14.8. The topological polar surface area (TPSA) is 75.7 Å². The summed E-state index contributed by atoms with van der Waals surface area (Å²) in [6.07, 6.45) is 2.45. The maximum absolute atomic E-state index is 12.5. The molecular formula is C15H22N2O4S2. The Balaban J connectivity index is 1.94. The monoisotopic (exact) mass is 358 g/mol. The van der Waals surface area contributed by atoms with E-state index in [1.165, 1.54) is 4.31 Å². The number of nitrogens with one attached hydrogen (secondary N) is 1. The van der Waals surface area contributed by atoms with E-state index in [2.05, 4.69) is 5.32 Å². The lowest BCUT2D eigenvalue weighted by atomic mass is 10.2. The van der Waals surface area contributed by atoms with Crippen molar-refractivity contribution in [3.8, 4) is 0 Å². The molecule has 1 aromatic rings. The smallest absolute Gasteiger partial charge is 0.243 e. The van der Waals surface area contributed by atoms with Crippen LogP contribution in [0.2, 0.25) is 0 Å². The zero-order valence-electron chi connectivity index (χ0n) is 13.2. The van der Waals surface area contributed by atoms with Crippen LogP contribution in [0.5, 0.6) is 0 Å². The van der Waals surface area contributed by atoms with Crippen LogP contribution in [0.3, 0.4) is 0 Å². The Morgan fingerprint density at radius 2 is 1.91 bits per heavy atom. The van der Waals surface area contributed by atoms with Crippen molar-refractivity contribution < 1.29 is 17.9 Å². The van der Waals surface area contributed by atoms with Crippen LogP contribution < -0.4 is 5.32 Å². The van der Waals surface area contributed by atoms with Crippen molar-refractivity contribution in [1.82, 2.24) is 9.62 Å². The van der Waals surface area contributed by atoms with Crippen LogP contribution in [-0.4, -0.2) is 56.9 Å². The SMILES string of the molecule is CSCCC(=O)NCc1ccc(S(=O)(=O)N2CCOCC2)cc1. The van der Waals surface area contributed by atoms with Crippen LogP contribution in [0, 0.1) is 0 Å². The minimum absolute atomic E-state index is 0.00404. The van der Waals surface area contributed by atoms with Gasteiger partial charge in [0.15, 0.2) is 0 Å². The van der Waals surface area contributed by atoms with E-state index in [0.29, 0.717) is 39.3 Å². The third-order valence-corrected chi connectivity index (χ3v) is 6.08. The minimum Gasteiger partial charge on any atom is -0.379 e. The highest BCUT2D eigenvalue weighted by Gasteiger charge is 2.25. The van der Waals surface area contributed by atoms with Gasteiger partial charge in [0.05, 0.1) is 18.1 Å². The molecule has 1 fully saturated rings. The summed E-state index contributed by atoms with van der Waals surface area (Å²) in [4.78, 5) is 11.8. The molecule has 0 aromatic heterocycles. The van der Waals surface area contributed by atoms with Gasteiger partial charge in [-0.15, -0.1) is 0 Å². The molecule has 1 aromatic carbocycles. The fourth-order valence-electron chi connectivity index (χ4n) is 2.20. The molecule has 1 aliphatic heterocycles. The molecule has 0 spiro atoms. The number of ether oxygens (including phenoxy) is 1. The molecule has 0 aliphatic carbocycles. The fraction of sp³-hybridized carbons (Fsp3) is 0.533. The van der Waals surface area contributed by atoms with Gasteiger partial charge in [0.25, 0.3) is 0 Å². The number of rotatable bonds is 7. The summed E-state index contributed by atoms with van der Waals surface area (Å²) in [6.45, 7) is 2.04. The summed E-state index contributed by atoms with van der Waals surface area (Å²) in [5, 5.41) is 2.83. The van der Waals surface area contributed by atoms with Crippen molar-refractivity contribution in [2.24, 2.45) is 0 Å². The molecule has 0 atom stereocenters. The predicted octanol–water partition coefficient (Wildman–Crippen LogP) is 1.08. The second-order valence-corrected chi connectivity index (χ2v) is 8.10. The molecule has 0 bridgehead atoms. The molecular weight excluding hydrogens is 336 g/mol. The van der Waals surface area contributed by atoms with E-state index >= 15 is 0 Å². The van der Waals surface area contributed by atoms with Crippen LogP contribution in [0.1, 0.15) is 12.0 Å². The van der Waals surface area contributed by atoms with Crippen molar-refractivity contribution >= 4 is 27.7 Å². The van der Waals surface area contributed by atoms with Crippen LogP contribution in [0.4, 0.5) is 0 Å². The predicted molar refractivity (Wildman–Crippen MR) is 90.9 cm³/mol. The van der Waals surface area contributed by atoms with Crippen molar-refractivity contribution in [2.75, 3.05) is 38.3 Å². The number of thioether (sulfide) groups is 1. The van der Waals surface area contributed by atoms with Gasteiger partial charge in [-0.3, -0.25) is 4.79 Å². The molecule has 1 aliphatic rings. The Bertz CT molecular complexity index is 611. The van der Waals surface area contributed by atoms with E-state index in [0.717, 1.165) is 11.3 Å².